The number of nitrogens with two attached hydrogens (primary N) is 1. The van der Waals surface area contributed by atoms with E-state index in [4.69, 9.17) is 28.9 Å². The van der Waals surface area contributed by atoms with E-state index in [0.29, 0.717) is 11.3 Å². The molecule has 34 heavy (non-hydrogen) atoms. The zero-order valence-corrected chi connectivity index (χ0v) is 20.1. The summed E-state index contributed by atoms with van der Waals surface area (Å²) in [5, 5.41) is 14.0. The standard InChI is InChI=1S/C21H17Cl2F3N6OS/c1-20(2,27)8-7-12-3-6-16(15(23)9-12)28-18(33)11-34-19-29-30-31-32(19)17-10-13(21(24,25)26)4-5-14(17)22/h3-6,9-10H,11,27H2,1-2H3,(H,28,33). The van der Waals surface area contributed by atoms with Crippen molar-refractivity contribution in [2.45, 2.75) is 30.7 Å². The van der Waals surface area contributed by atoms with E-state index in [1.165, 1.54) is 0 Å². The van der Waals surface area contributed by atoms with Gasteiger partial charge in [0, 0.05) is 5.56 Å². The third-order valence-corrected chi connectivity index (χ3v) is 5.60. The summed E-state index contributed by atoms with van der Waals surface area (Å²) < 4.78 is 40.2. The van der Waals surface area contributed by atoms with Crippen molar-refractivity contribution in [2.75, 3.05) is 11.1 Å². The summed E-state index contributed by atoms with van der Waals surface area (Å²) in [6.07, 6.45) is -4.57. The Bertz CT molecular complexity index is 1280. The zero-order valence-electron chi connectivity index (χ0n) is 17.7. The Morgan fingerprint density at radius 2 is 1.91 bits per heavy atom. The number of amides is 1. The van der Waals surface area contributed by atoms with Crippen LogP contribution in [-0.2, 0) is 11.0 Å². The predicted molar refractivity (Wildman–Crippen MR) is 125 cm³/mol. The lowest BCUT2D eigenvalue weighted by atomic mass is 10.1. The molecule has 0 atom stereocenters. The third kappa shape index (κ3) is 6.87. The number of tetrazole rings is 1. The lowest BCUT2D eigenvalue weighted by Gasteiger charge is -2.11. The molecule has 0 aliphatic rings. The Morgan fingerprint density at radius 3 is 2.56 bits per heavy atom. The first-order chi connectivity index (χ1) is 15.8. The first-order valence-corrected chi connectivity index (χ1v) is 11.3. The molecule has 178 valence electrons. The molecular formula is C21H17Cl2F3N6OS. The first-order valence-electron chi connectivity index (χ1n) is 9.53. The van der Waals surface area contributed by atoms with Crippen molar-refractivity contribution in [1.82, 2.24) is 20.2 Å². The van der Waals surface area contributed by atoms with Gasteiger partial charge in [0.25, 0.3) is 0 Å². The summed E-state index contributed by atoms with van der Waals surface area (Å²) in [7, 11) is 0. The Kier molecular flexibility index (Phi) is 7.77. The van der Waals surface area contributed by atoms with E-state index in [-0.39, 0.29) is 26.6 Å². The Morgan fingerprint density at radius 1 is 1.18 bits per heavy atom. The molecule has 3 rings (SSSR count). The van der Waals surface area contributed by atoms with Crippen LogP contribution in [0.25, 0.3) is 5.69 Å². The van der Waals surface area contributed by atoms with E-state index in [9.17, 15) is 18.0 Å². The van der Waals surface area contributed by atoms with E-state index in [1.807, 2.05) is 0 Å². The van der Waals surface area contributed by atoms with E-state index >= 15 is 0 Å². The van der Waals surface area contributed by atoms with Gasteiger partial charge in [0.15, 0.2) is 0 Å². The van der Waals surface area contributed by atoms with Crippen molar-refractivity contribution in [3.8, 4) is 17.5 Å². The maximum atomic E-state index is 13.1. The molecule has 0 saturated carbocycles. The van der Waals surface area contributed by atoms with E-state index in [1.54, 1.807) is 32.0 Å². The quantitative estimate of drug-likeness (QED) is 0.364. The third-order valence-electron chi connectivity index (χ3n) is 4.05. The van der Waals surface area contributed by atoms with Gasteiger partial charge in [0.05, 0.1) is 38.3 Å². The number of hydrogen-bond acceptors (Lipinski definition) is 6. The second-order valence-corrected chi connectivity index (χ2v) is 9.30. The molecule has 0 saturated heterocycles. The van der Waals surface area contributed by atoms with Crippen LogP contribution in [0.2, 0.25) is 10.0 Å². The number of alkyl halides is 3. The van der Waals surface area contributed by atoms with Crippen LogP contribution in [0.15, 0.2) is 41.6 Å². The Labute approximate surface area is 207 Å². The van der Waals surface area contributed by atoms with Gasteiger partial charge < -0.3 is 11.1 Å². The van der Waals surface area contributed by atoms with Gasteiger partial charge in [-0.2, -0.15) is 17.9 Å². The fourth-order valence-electron chi connectivity index (χ4n) is 2.52. The largest absolute Gasteiger partial charge is 0.416 e. The van der Waals surface area contributed by atoms with Crippen molar-refractivity contribution in [1.29, 1.82) is 0 Å². The van der Waals surface area contributed by atoms with Gasteiger partial charge in [0.2, 0.25) is 11.1 Å². The molecule has 0 bridgehead atoms. The van der Waals surface area contributed by atoms with Gasteiger partial charge >= 0.3 is 6.18 Å². The molecule has 2 aromatic carbocycles. The number of anilines is 1. The molecule has 0 radical (unpaired) electrons. The Balaban J connectivity index is 1.70. The monoisotopic (exact) mass is 528 g/mol. The molecule has 0 aliphatic carbocycles. The van der Waals surface area contributed by atoms with Crippen LogP contribution in [-0.4, -0.2) is 37.4 Å². The van der Waals surface area contributed by atoms with Crippen LogP contribution < -0.4 is 11.1 Å². The van der Waals surface area contributed by atoms with Crippen LogP contribution in [0, 0.1) is 11.8 Å². The van der Waals surface area contributed by atoms with Gasteiger partial charge in [-0.25, -0.2) is 0 Å². The molecule has 3 N–H and O–H groups in total. The van der Waals surface area contributed by atoms with Gasteiger partial charge in [-0.3, -0.25) is 4.79 Å². The summed E-state index contributed by atoms with van der Waals surface area (Å²) in [6.45, 7) is 3.54. The molecule has 0 fully saturated rings. The topological polar surface area (TPSA) is 98.7 Å². The fraction of sp³-hybridized carbons (Fsp3) is 0.238. The molecular weight excluding hydrogens is 512 g/mol. The zero-order chi connectivity index (χ0) is 25.1. The second kappa shape index (κ2) is 10.2. The highest BCUT2D eigenvalue weighted by atomic mass is 35.5. The van der Waals surface area contributed by atoms with Crippen LogP contribution >= 0.6 is 35.0 Å². The molecule has 0 aliphatic heterocycles. The van der Waals surface area contributed by atoms with E-state index < -0.39 is 23.2 Å². The molecule has 7 nitrogen and oxygen atoms in total. The predicted octanol–water partition coefficient (Wildman–Crippen LogP) is 4.81. The number of halogens is 5. The summed E-state index contributed by atoms with van der Waals surface area (Å²) in [5.74, 6) is 5.21. The van der Waals surface area contributed by atoms with Gasteiger partial charge in [0.1, 0.15) is 0 Å². The minimum Gasteiger partial charge on any atom is -0.324 e. The lowest BCUT2D eigenvalue weighted by Crippen LogP contribution is -2.29. The maximum Gasteiger partial charge on any atom is 0.416 e. The number of thioether (sulfide) groups is 1. The number of aromatic nitrogens is 4. The van der Waals surface area contributed by atoms with Gasteiger partial charge in [-0.15, -0.1) is 5.10 Å². The smallest absolute Gasteiger partial charge is 0.324 e. The number of carbonyl (C=O) groups excluding carboxylic acids is 1. The molecule has 1 aromatic heterocycles. The van der Waals surface area contributed by atoms with Crippen molar-refractivity contribution in [3.63, 3.8) is 0 Å². The molecule has 0 unspecified atom stereocenters. The number of nitrogens with zero attached hydrogens (tertiary/aromatic N) is 4. The fourth-order valence-corrected chi connectivity index (χ4v) is 3.62. The van der Waals surface area contributed by atoms with Crippen molar-refractivity contribution in [2.24, 2.45) is 5.73 Å². The number of nitrogens with one attached hydrogen (secondary N) is 1. The minimum absolute atomic E-state index is 0.0135. The SMILES string of the molecule is CC(C)(N)C#Cc1ccc(NC(=O)CSc2nnnn2-c2cc(C(F)(F)F)ccc2Cl)c(Cl)c1. The molecule has 1 heterocycles. The second-order valence-electron chi connectivity index (χ2n) is 7.54. The van der Waals surface area contributed by atoms with Crippen LogP contribution in [0.4, 0.5) is 18.9 Å². The van der Waals surface area contributed by atoms with Crippen LogP contribution in [0.3, 0.4) is 0 Å². The van der Waals surface area contributed by atoms with Crippen molar-refractivity contribution < 1.29 is 18.0 Å². The maximum absolute atomic E-state index is 13.1. The normalized spacial score (nSPS) is 11.6. The summed E-state index contributed by atoms with van der Waals surface area (Å²) >= 11 is 13.2. The molecule has 0 spiro atoms. The highest BCUT2D eigenvalue weighted by Crippen LogP contribution is 2.34. The number of rotatable bonds is 5. The van der Waals surface area contributed by atoms with Crippen LogP contribution in [0.1, 0.15) is 25.0 Å². The molecule has 1 amide bonds. The summed E-state index contributed by atoms with van der Waals surface area (Å²) in [5.41, 5.74) is 5.20. The number of carbonyl (C=O) groups is 1. The summed E-state index contributed by atoms with van der Waals surface area (Å²) in [6, 6.07) is 7.67. The first kappa shape index (κ1) is 25.8. The van der Waals surface area contributed by atoms with Gasteiger partial charge in [-0.1, -0.05) is 46.8 Å². The van der Waals surface area contributed by atoms with E-state index in [2.05, 4.69) is 32.7 Å². The highest BCUT2D eigenvalue weighted by Gasteiger charge is 2.31. The molecule has 13 heteroatoms. The average molecular weight is 529 g/mol. The Hall–Kier alpha value is -2.78. The number of hydrogen-bond donors (Lipinski definition) is 2. The van der Waals surface area contributed by atoms with Crippen molar-refractivity contribution in [3.05, 3.63) is 57.6 Å². The average Bonchev–Trinajstić information content (AvgIpc) is 3.20. The highest BCUT2D eigenvalue weighted by molar-refractivity contribution is 7.99. The van der Waals surface area contributed by atoms with Gasteiger partial charge in [-0.05, 0) is 60.7 Å². The lowest BCUT2D eigenvalue weighted by molar-refractivity contribution is -0.137. The van der Waals surface area contributed by atoms with E-state index in [0.717, 1.165) is 34.6 Å². The number of benzene rings is 2. The molecule has 3 aromatic rings. The van der Waals surface area contributed by atoms with Crippen LogP contribution in [0.5, 0.6) is 0 Å². The minimum atomic E-state index is -4.57. The summed E-state index contributed by atoms with van der Waals surface area (Å²) in [4.78, 5) is 12.4. The van der Waals surface area contributed by atoms with Crippen molar-refractivity contribution >= 4 is 46.6 Å².